The van der Waals surface area contributed by atoms with E-state index >= 15 is 0 Å². The normalized spacial score (nSPS) is 19.5. The van der Waals surface area contributed by atoms with Crippen LogP contribution in [0.5, 0.6) is 0 Å². The van der Waals surface area contributed by atoms with Gasteiger partial charge in [-0.25, -0.2) is 4.39 Å². The first-order chi connectivity index (χ1) is 10.4. The van der Waals surface area contributed by atoms with Crippen LogP contribution in [0, 0.1) is 5.82 Å². The van der Waals surface area contributed by atoms with E-state index in [-0.39, 0.29) is 18.5 Å². The van der Waals surface area contributed by atoms with Gasteiger partial charge in [-0.2, -0.15) is 0 Å². The lowest BCUT2D eigenvalue weighted by Gasteiger charge is -2.34. The van der Waals surface area contributed by atoms with Crippen molar-refractivity contribution in [3.8, 4) is 0 Å². The van der Waals surface area contributed by atoms with Crippen LogP contribution < -0.4 is 0 Å². The maximum Gasteiger partial charge on any atom is 0.317 e. The third kappa shape index (κ3) is 5.31. The van der Waals surface area contributed by atoms with Gasteiger partial charge in [0.05, 0.1) is 19.3 Å². The quantitative estimate of drug-likeness (QED) is 0.822. The van der Waals surface area contributed by atoms with Gasteiger partial charge < -0.3 is 9.84 Å². The van der Waals surface area contributed by atoms with Gasteiger partial charge >= 0.3 is 5.97 Å². The lowest BCUT2D eigenvalue weighted by molar-refractivity contribution is -0.138. The van der Waals surface area contributed by atoms with E-state index < -0.39 is 5.97 Å². The van der Waals surface area contributed by atoms with Crippen molar-refractivity contribution < 1.29 is 19.0 Å². The summed E-state index contributed by atoms with van der Waals surface area (Å²) in [5.41, 5.74) is 1.03. The first-order valence-electron chi connectivity index (χ1n) is 7.12. The van der Waals surface area contributed by atoms with Crippen LogP contribution in [-0.2, 0) is 16.1 Å². The molecule has 1 unspecified atom stereocenters. The fourth-order valence-electron chi connectivity index (χ4n) is 2.57. The number of carbonyl (C=O) groups is 1. The lowest BCUT2D eigenvalue weighted by atomic mass is 10.2. The van der Waals surface area contributed by atoms with E-state index in [4.69, 9.17) is 9.84 Å². The zero-order valence-electron chi connectivity index (χ0n) is 12.5. The third-order valence-corrected chi connectivity index (χ3v) is 4.29. The topological polar surface area (TPSA) is 53.0 Å². The van der Waals surface area contributed by atoms with Gasteiger partial charge in [-0.05, 0) is 24.7 Å². The summed E-state index contributed by atoms with van der Waals surface area (Å²) < 4.78 is 19.6. The van der Waals surface area contributed by atoms with E-state index in [2.05, 4.69) is 20.8 Å². The van der Waals surface area contributed by atoms with Crippen molar-refractivity contribution in [1.29, 1.82) is 0 Å². The molecular weight excluding hydrogens is 355 g/mol. The molecule has 7 heteroatoms. The Balaban J connectivity index is 1.89. The smallest absolute Gasteiger partial charge is 0.317 e. The summed E-state index contributed by atoms with van der Waals surface area (Å²) in [5.74, 6) is -1.10. The average molecular weight is 375 g/mol. The number of carboxylic acids is 1. The first kappa shape index (κ1) is 17.3. The molecule has 22 heavy (non-hydrogen) atoms. The molecule has 1 atom stereocenters. The fourth-order valence-corrected chi connectivity index (χ4v) is 3.04. The molecule has 1 heterocycles. The average Bonchev–Trinajstić information content (AvgIpc) is 2.41. The Kier molecular flexibility index (Phi) is 6.31. The highest BCUT2D eigenvalue weighted by Gasteiger charge is 2.22. The number of hydrogen-bond acceptors (Lipinski definition) is 4. The van der Waals surface area contributed by atoms with Crippen molar-refractivity contribution in [3.63, 3.8) is 0 Å². The van der Waals surface area contributed by atoms with Gasteiger partial charge in [-0.1, -0.05) is 22.0 Å². The zero-order valence-corrected chi connectivity index (χ0v) is 14.1. The Hall–Kier alpha value is -1.02. The minimum Gasteiger partial charge on any atom is -0.480 e. The van der Waals surface area contributed by atoms with Crippen molar-refractivity contribution in [3.05, 3.63) is 34.1 Å². The number of morpholine rings is 1. The first-order valence-corrected chi connectivity index (χ1v) is 7.91. The Labute approximate surface area is 137 Å². The highest BCUT2D eigenvalue weighted by molar-refractivity contribution is 9.10. The highest BCUT2D eigenvalue weighted by atomic mass is 79.9. The second-order valence-electron chi connectivity index (χ2n) is 5.55. The van der Waals surface area contributed by atoms with E-state index in [1.54, 1.807) is 18.0 Å². The summed E-state index contributed by atoms with van der Waals surface area (Å²) in [5, 5.41) is 8.78. The van der Waals surface area contributed by atoms with Crippen molar-refractivity contribution in [2.24, 2.45) is 0 Å². The maximum atomic E-state index is 13.1. The monoisotopic (exact) mass is 374 g/mol. The van der Waals surface area contributed by atoms with Crippen LogP contribution in [0.1, 0.15) is 5.56 Å². The Morgan fingerprint density at radius 3 is 3.05 bits per heavy atom. The van der Waals surface area contributed by atoms with E-state index in [0.717, 1.165) is 23.1 Å². The molecular formula is C15H20BrFN2O3. The number of benzene rings is 1. The molecule has 0 bridgehead atoms. The van der Waals surface area contributed by atoms with Crippen LogP contribution in [0.4, 0.5) is 4.39 Å². The summed E-state index contributed by atoms with van der Waals surface area (Å²) in [6.07, 6.45) is -0.0164. The van der Waals surface area contributed by atoms with Crippen molar-refractivity contribution in [2.75, 3.05) is 39.8 Å². The molecule has 5 nitrogen and oxygen atoms in total. The molecule has 0 radical (unpaired) electrons. The van der Waals surface area contributed by atoms with E-state index in [9.17, 15) is 9.18 Å². The zero-order chi connectivity index (χ0) is 16.1. The molecule has 0 amide bonds. The molecule has 2 rings (SSSR count). The van der Waals surface area contributed by atoms with Crippen molar-refractivity contribution >= 4 is 21.9 Å². The molecule has 1 N–H and O–H groups in total. The molecule has 1 aliphatic rings. The van der Waals surface area contributed by atoms with Crippen molar-refractivity contribution in [2.45, 2.75) is 12.6 Å². The van der Waals surface area contributed by atoms with Gasteiger partial charge in [0.25, 0.3) is 0 Å². The fraction of sp³-hybridized carbons (Fsp3) is 0.533. The van der Waals surface area contributed by atoms with Gasteiger partial charge in [-0.3, -0.25) is 14.6 Å². The summed E-state index contributed by atoms with van der Waals surface area (Å²) in [7, 11) is 1.77. The van der Waals surface area contributed by atoms with Crippen LogP contribution in [0.2, 0.25) is 0 Å². The maximum absolute atomic E-state index is 13.1. The number of likely N-dealkylation sites (N-methyl/N-ethyl adjacent to an activating group) is 1. The molecule has 1 aromatic carbocycles. The Bertz CT molecular complexity index is 530. The molecule has 1 aromatic rings. The SMILES string of the molecule is CN(CC(=O)O)CC1CN(Cc2ccc(F)cc2Br)CCO1. The molecule has 0 saturated carbocycles. The number of aliphatic carboxylic acids is 1. The number of rotatable bonds is 6. The predicted octanol–water partition coefficient (Wildman–Crippen LogP) is 1.81. The molecule has 1 fully saturated rings. The molecule has 1 aliphatic heterocycles. The van der Waals surface area contributed by atoms with E-state index in [1.165, 1.54) is 12.1 Å². The predicted molar refractivity (Wildman–Crippen MR) is 84.2 cm³/mol. The van der Waals surface area contributed by atoms with Crippen LogP contribution in [0.3, 0.4) is 0 Å². The molecule has 1 saturated heterocycles. The van der Waals surface area contributed by atoms with Gasteiger partial charge in [0.15, 0.2) is 0 Å². The van der Waals surface area contributed by atoms with Gasteiger partial charge in [0.1, 0.15) is 5.82 Å². The largest absolute Gasteiger partial charge is 0.480 e. The standard InChI is InChI=1S/C15H20BrFN2O3/c1-18(10-15(20)21)8-13-9-19(4-5-22-13)7-11-2-3-12(17)6-14(11)16/h2-3,6,13H,4-5,7-10H2,1H3,(H,20,21). The lowest BCUT2D eigenvalue weighted by Crippen LogP contribution is -2.47. The number of carboxylic acid groups (broad SMARTS) is 1. The van der Waals surface area contributed by atoms with Crippen LogP contribution in [0.25, 0.3) is 0 Å². The minimum atomic E-state index is -0.842. The summed E-state index contributed by atoms with van der Waals surface area (Å²) in [6, 6.07) is 4.70. The van der Waals surface area contributed by atoms with Gasteiger partial charge in [0.2, 0.25) is 0 Å². The third-order valence-electron chi connectivity index (χ3n) is 3.55. The molecule has 0 spiro atoms. The van der Waals surface area contributed by atoms with E-state index in [1.807, 2.05) is 0 Å². The Morgan fingerprint density at radius 1 is 1.59 bits per heavy atom. The van der Waals surface area contributed by atoms with Crippen LogP contribution in [0.15, 0.2) is 22.7 Å². The van der Waals surface area contributed by atoms with Gasteiger partial charge in [-0.15, -0.1) is 0 Å². The van der Waals surface area contributed by atoms with Crippen LogP contribution >= 0.6 is 15.9 Å². The number of halogens is 2. The summed E-state index contributed by atoms with van der Waals surface area (Å²) in [6.45, 7) is 3.45. The second-order valence-corrected chi connectivity index (χ2v) is 6.41. The summed E-state index contributed by atoms with van der Waals surface area (Å²) in [4.78, 5) is 14.7. The van der Waals surface area contributed by atoms with Crippen molar-refractivity contribution in [1.82, 2.24) is 9.80 Å². The number of ether oxygens (including phenoxy) is 1. The second kappa shape index (κ2) is 8.01. The van der Waals surface area contributed by atoms with Gasteiger partial charge in [0, 0.05) is 30.7 Å². The number of nitrogens with zero attached hydrogens (tertiary/aromatic N) is 2. The van der Waals surface area contributed by atoms with E-state index in [0.29, 0.717) is 19.7 Å². The minimum absolute atomic E-state index is 0.00334. The Morgan fingerprint density at radius 2 is 2.36 bits per heavy atom. The highest BCUT2D eigenvalue weighted by Crippen LogP contribution is 2.21. The molecule has 0 aliphatic carbocycles. The summed E-state index contributed by atoms with van der Waals surface area (Å²) >= 11 is 3.39. The number of hydrogen-bond donors (Lipinski definition) is 1. The molecule has 0 aromatic heterocycles. The molecule has 122 valence electrons. The van der Waals surface area contributed by atoms with Crippen LogP contribution in [-0.4, -0.2) is 66.8 Å².